The minimum absolute atomic E-state index is 0.195. The standard InChI is InChI=1S/C13H17NO3/c1-9(14)11(13(15)16)8-12(17-2)10-6-4-3-5-7-10/h3-7,12H,8,14H2,1-2H3,(H,15,16)/b11-9-/t12-/m0/s1. The number of carboxylic acids is 1. The monoisotopic (exact) mass is 235 g/mol. The van der Waals surface area contributed by atoms with Crippen molar-refractivity contribution in [2.45, 2.75) is 19.4 Å². The highest BCUT2D eigenvalue weighted by molar-refractivity contribution is 5.87. The maximum atomic E-state index is 11.0. The van der Waals surface area contributed by atoms with Crippen molar-refractivity contribution >= 4 is 5.97 Å². The van der Waals surface area contributed by atoms with E-state index in [1.165, 1.54) is 0 Å². The molecule has 0 amide bonds. The van der Waals surface area contributed by atoms with Gasteiger partial charge < -0.3 is 15.6 Å². The van der Waals surface area contributed by atoms with Crippen LogP contribution in [0.3, 0.4) is 0 Å². The van der Waals surface area contributed by atoms with Gasteiger partial charge in [0.1, 0.15) is 0 Å². The molecule has 0 aromatic heterocycles. The predicted octanol–water partition coefficient (Wildman–Crippen LogP) is 2.08. The van der Waals surface area contributed by atoms with E-state index in [1.54, 1.807) is 14.0 Å². The summed E-state index contributed by atoms with van der Waals surface area (Å²) in [5.41, 5.74) is 7.01. The normalized spacial score (nSPS) is 14.0. The minimum Gasteiger partial charge on any atom is -0.478 e. The van der Waals surface area contributed by atoms with Crippen LogP contribution in [0.1, 0.15) is 25.0 Å². The van der Waals surface area contributed by atoms with Crippen molar-refractivity contribution in [3.8, 4) is 0 Å². The van der Waals surface area contributed by atoms with Gasteiger partial charge >= 0.3 is 5.97 Å². The lowest BCUT2D eigenvalue weighted by atomic mass is 10.0. The number of methoxy groups -OCH3 is 1. The van der Waals surface area contributed by atoms with Crippen LogP contribution in [0, 0.1) is 0 Å². The maximum Gasteiger partial charge on any atom is 0.333 e. The van der Waals surface area contributed by atoms with Crippen LogP contribution in [-0.2, 0) is 9.53 Å². The van der Waals surface area contributed by atoms with Crippen LogP contribution in [0.25, 0.3) is 0 Å². The molecule has 1 aromatic carbocycles. The van der Waals surface area contributed by atoms with Gasteiger partial charge in [-0.05, 0) is 12.5 Å². The zero-order valence-corrected chi connectivity index (χ0v) is 10.0. The van der Waals surface area contributed by atoms with Gasteiger partial charge in [0.05, 0.1) is 11.7 Å². The number of carbonyl (C=O) groups is 1. The third-order valence-corrected chi connectivity index (χ3v) is 2.58. The van der Waals surface area contributed by atoms with Gasteiger partial charge in [0.25, 0.3) is 0 Å². The molecule has 0 heterocycles. The molecular weight excluding hydrogens is 218 g/mol. The zero-order chi connectivity index (χ0) is 12.8. The number of aliphatic carboxylic acids is 1. The molecule has 0 aliphatic rings. The Labute approximate surface area is 101 Å². The number of allylic oxidation sites excluding steroid dienone is 1. The molecule has 0 fully saturated rings. The van der Waals surface area contributed by atoms with Crippen molar-refractivity contribution in [1.82, 2.24) is 0 Å². The van der Waals surface area contributed by atoms with E-state index in [-0.39, 0.29) is 18.1 Å². The quantitative estimate of drug-likeness (QED) is 0.766. The Morgan fingerprint density at radius 3 is 2.41 bits per heavy atom. The summed E-state index contributed by atoms with van der Waals surface area (Å²) in [5.74, 6) is -0.997. The highest BCUT2D eigenvalue weighted by atomic mass is 16.5. The molecule has 0 aliphatic carbocycles. The Kier molecular flexibility index (Phi) is 4.72. The number of rotatable bonds is 5. The van der Waals surface area contributed by atoms with E-state index < -0.39 is 5.97 Å². The first-order valence-electron chi connectivity index (χ1n) is 5.32. The van der Waals surface area contributed by atoms with Crippen molar-refractivity contribution in [3.63, 3.8) is 0 Å². The maximum absolute atomic E-state index is 11.0. The van der Waals surface area contributed by atoms with Gasteiger partial charge in [-0.15, -0.1) is 0 Å². The summed E-state index contributed by atoms with van der Waals surface area (Å²) in [6, 6.07) is 9.49. The molecule has 1 aromatic rings. The minimum atomic E-state index is -0.997. The molecule has 92 valence electrons. The van der Waals surface area contributed by atoms with E-state index in [9.17, 15) is 4.79 Å². The lowest BCUT2D eigenvalue weighted by molar-refractivity contribution is -0.133. The first-order chi connectivity index (χ1) is 8.06. The van der Waals surface area contributed by atoms with E-state index in [0.717, 1.165) is 5.56 Å². The average Bonchev–Trinajstić information content (AvgIpc) is 2.30. The Hall–Kier alpha value is -1.81. The van der Waals surface area contributed by atoms with E-state index in [4.69, 9.17) is 15.6 Å². The van der Waals surface area contributed by atoms with Crippen molar-refractivity contribution in [2.24, 2.45) is 5.73 Å². The SMILES string of the molecule is CO[C@@H](C/C(C(=O)O)=C(\C)N)c1ccccc1. The van der Waals surface area contributed by atoms with Gasteiger partial charge in [-0.2, -0.15) is 0 Å². The summed E-state index contributed by atoms with van der Waals surface area (Å²) in [7, 11) is 1.56. The highest BCUT2D eigenvalue weighted by Crippen LogP contribution is 2.25. The number of benzene rings is 1. The average molecular weight is 235 g/mol. The molecule has 0 saturated heterocycles. The molecule has 1 rings (SSSR count). The lowest BCUT2D eigenvalue weighted by Gasteiger charge is -2.16. The molecule has 4 heteroatoms. The topological polar surface area (TPSA) is 72.5 Å². The van der Waals surface area contributed by atoms with Crippen LogP contribution in [-0.4, -0.2) is 18.2 Å². The summed E-state index contributed by atoms with van der Waals surface area (Å²) in [5, 5.41) is 9.04. The lowest BCUT2D eigenvalue weighted by Crippen LogP contribution is -2.13. The van der Waals surface area contributed by atoms with Gasteiger partial charge in [0.15, 0.2) is 0 Å². The fraction of sp³-hybridized carbons (Fsp3) is 0.308. The summed E-state index contributed by atoms with van der Waals surface area (Å²) in [6.07, 6.45) is -0.0288. The molecular formula is C13H17NO3. The van der Waals surface area contributed by atoms with Crippen LogP contribution in [0.4, 0.5) is 0 Å². The molecule has 0 radical (unpaired) electrons. The van der Waals surface area contributed by atoms with Crippen LogP contribution < -0.4 is 5.73 Å². The smallest absolute Gasteiger partial charge is 0.333 e. The third-order valence-electron chi connectivity index (χ3n) is 2.58. The molecule has 0 unspecified atom stereocenters. The van der Waals surface area contributed by atoms with Crippen LogP contribution in [0.2, 0.25) is 0 Å². The first-order valence-corrected chi connectivity index (χ1v) is 5.32. The number of hydrogen-bond donors (Lipinski definition) is 2. The van der Waals surface area contributed by atoms with Gasteiger partial charge in [-0.25, -0.2) is 4.79 Å². The Bertz CT molecular complexity index is 408. The molecule has 0 bridgehead atoms. The van der Waals surface area contributed by atoms with E-state index in [1.807, 2.05) is 30.3 Å². The first kappa shape index (κ1) is 13.3. The zero-order valence-electron chi connectivity index (χ0n) is 10.0. The van der Waals surface area contributed by atoms with E-state index >= 15 is 0 Å². The van der Waals surface area contributed by atoms with Gasteiger partial charge in [-0.3, -0.25) is 0 Å². The third kappa shape index (κ3) is 3.60. The van der Waals surface area contributed by atoms with Gasteiger partial charge in [0, 0.05) is 19.2 Å². The molecule has 0 aliphatic heterocycles. The Morgan fingerprint density at radius 1 is 1.41 bits per heavy atom. The second kappa shape index (κ2) is 6.06. The largest absolute Gasteiger partial charge is 0.478 e. The molecule has 0 spiro atoms. The summed E-state index contributed by atoms with van der Waals surface area (Å²) in [6.45, 7) is 1.58. The fourth-order valence-electron chi connectivity index (χ4n) is 1.61. The summed E-state index contributed by atoms with van der Waals surface area (Å²) < 4.78 is 5.31. The molecule has 3 N–H and O–H groups in total. The molecule has 0 saturated carbocycles. The highest BCUT2D eigenvalue weighted by Gasteiger charge is 2.18. The van der Waals surface area contributed by atoms with Crippen molar-refractivity contribution in [1.29, 1.82) is 0 Å². The fourth-order valence-corrected chi connectivity index (χ4v) is 1.61. The second-order valence-electron chi connectivity index (χ2n) is 3.81. The summed E-state index contributed by atoms with van der Waals surface area (Å²) >= 11 is 0. The number of ether oxygens (including phenoxy) is 1. The Balaban J connectivity index is 2.91. The predicted molar refractivity (Wildman–Crippen MR) is 65.3 cm³/mol. The molecule has 17 heavy (non-hydrogen) atoms. The van der Waals surface area contributed by atoms with Gasteiger partial charge in [0.2, 0.25) is 0 Å². The van der Waals surface area contributed by atoms with Crippen LogP contribution >= 0.6 is 0 Å². The van der Waals surface area contributed by atoms with Gasteiger partial charge in [-0.1, -0.05) is 30.3 Å². The van der Waals surface area contributed by atoms with Crippen molar-refractivity contribution < 1.29 is 14.6 Å². The number of hydrogen-bond acceptors (Lipinski definition) is 3. The van der Waals surface area contributed by atoms with Crippen LogP contribution in [0.15, 0.2) is 41.6 Å². The van der Waals surface area contributed by atoms with Crippen molar-refractivity contribution in [2.75, 3.05) is 7.11 Å². The Morgan fingerprint density at radius 2 is 2.00 bits per heavy atom. The number of nitrogens with two attached hydrogens (primary N) is 1. The van der Waals surface area contributed by atoms with Crippen LogP contribution in [0.5, 0.6) is 0 Å². The molecule has 4 nitrogen and oxygen atoms in total. The van der Waals surface area contributed by atoms with E-state index in [2.05, 4.69) is 0 Å². The summed E-state index contributed by atoms with van der Waals surface area (Å²) in [4.78, 5) is 11.0. The molecule has 1 atom stereocenters. The van der Waals surface area contributed by atoms with Crippen molar-refractivity contribution in [3.05, 3.63) is 47.2 Å². The number of carboxylic acid groups (broad SMARTS) is 1. The van der Waals surface area contributed by atoms with E-state index in [0.29, 0.717) is 5.70 Å². The second-order valence-corrected chi connectivity index (χ2v) is 3.81.